The fraction of sp³-hybridized carbons (Fsp3) is 0.476. The number of ether oxygens (including phenoxy) is 1. The van der Waals surface area contributed by atoms with Gasteiger partial charge in [-0.25, -0.2) is 4.79 Å². The Bertz CT molecular complexity index is 1440. The number of thiophene rings is 1. The molecule has 0 aromatic carbocycles. The molecule has 1 fully saturated rings. The monoisotopic (exact) mass is 632 g/mol. The number of amides is 2. The van der Waals surface area contributed by atoms with Crippen LogP contribution in [-0.4, -0.2) is 101 Å². The van der Waals surface area contributed by atoms with E-state index in [9.17, 15) is 37.3 Å². The van der Waals surface area contributed by atoms with Crippen molar-refractivity contribution in [3.63, 3.8) is 0 Å². The molecule has 3 unspecified atom stereocenters. The second kappa shape index (κ2) is 11.5. The normalized spacial score (nSPS) is 20.8. The summed E-state index contributed by atoms with van der Waals surface area (Å²) < 4.78 is 38.4. The number of rotatable bonds is 10. The van der Waals surface area contributed by atoms with Gasteiger partial charge in [0.25, 0.3) is 16.0 Å². The van der Waals surface area contributed by atoms with Crippen molar-refractivity contribution in [1.82, 2.24) is 30.8 Å². The summed E-state index contributed by atoms with van der Waals surface area (Å²) in [6.07, 6.45) is 0. The minimum absolute atomic E-state index is 0.000139. The van der Waals surface area contributed by atoms with Gasteiger partial charge in [0.2, 0.25) is 11.1 Å². The van der Waals surface area contributed by atoms with E-state index in [1.807, 2.05) is 0 Å². The molecule has 216 valence electrons. The summed E-state index contributed by atoms with van der Waals surface area (Å²) in [4.78, 5) is 53.1. The highest BCUT2D eigenvalue weighted by molar-refractivity contribution is 8.01. The number of carbonyl (C=O) groups excluding carboxylic acids is 3. The van der Waals surface area contributed by atoms with Gasteiger partial charge in [-0.3, -0.25) is 23.8 Å². The zero-order valence-corrected chi connectivity index (χ0v) is 24.4. The summed E-state index contributed by atoms with van der Waals surface area (Å²) in [7, 11) is -4.58. The summed E-state index contributed by atoms with van der Waals surface area (Å²) in [6.45, 7) is 4.97. The number of aromatic amines is 1. The first-order chi connectivity index (χ1) is 18.7. The van der Waals surface area contributed by atoms with E-state index in [1.165, 1.54) is 11.3 Å². The van der Waals surface area contributed by atoms with Crippen LogP contribution in [0.4, 0.5) is 0 Å². The number of tetrazole rings is 1. The predicted octanol–water partition coefficient (Wildman–Crippen LogP) is 0.474. The minimum atomic E-state index is -4.58. The number of nitrogens with zero attached hydrogens (tertiary/aromatic N) is 4. The van der Waals surface area contributed by atoms with Crippen molar-refractivity contribution in [2.24, 2.45) is 0 Å². The molecule has 2 aromatic rings. The Hall–Kier alpha value is -3.00. The molecule has 0 bridgehead atoms. The van der Waals surface area contributed by atoms with Crippen LogP contribution in [0.1, 0.15) is 31.6 Å². The van der Waals surface area contributed by atoms with Gasteiger partial charge in [-0.15, -0.1) is 33.3 Å². The highest BCUT2D eigenvalue weighted by Gasteiger charge is 2.55. The van der Waals surface area contributed by atoms with Crippen LogP contribution in [-0.2, 0) is 34.0 Å². The van der Waals surface area contributed by atoms with Crippen LogP contribution < -0.4 is 5.32 Å². The third kappa shape index (κ3) is 6.65. The van der Waals surface area contributed by atoms with Crippen LogP contribution in [0.15, 0.2) is 33.9 Å². The van der Waals surface area contributed by atoms with E-state index in [-0.39, 0.29) is 16.5 Å². The quantitative estimate of drug-likeness (QED) is 0.0920. The number of fused-ring (bicyclic) bond motifs is 1. The molecule has 0 radical (unpaired) electrons. The van der Waals surface area contributed by atoms with Crippen molar-refractivity contribution in [3.05, 3.63) is 33.7 Å². The molecule has 0 saturated carbocycles. The number of esters is 1. The Labute approximate surface area is 240 Å². The number of H-pyrrole nitrogens is 1. The van der Waals surface area contributed by atoms with E-state index in [4.69, 9.17) is 4.74 Å². The maximum atomic E-state index is 13.3. The van der Waals surface area contributed by atoms with Crippen LogP contribution in [0.5, 0.6) is 0 Å². The second-order valence-electron chi connectivity index (χ2n) is 9.61. The van der Waals surface area contributed by atoms with E-state index in [2.05, 4.69) is 25.9 Å². The van der Waals surface area contributed by atoms with Crippen LogP contribution in [0, 0.1) is 0 Å². The largest absolute Gasteiger partial charge is 0.477 e. The van der Waals surface area contributed by atoms with Crippen LogP contribution >= 0.6 is 34.9 Å². The fourth-order valence-electron chi connectivity index (χ4n) is 4.02. The molecule has 4 heterocycles. The smallest absolute Gasteiger partial charge is 0.352 e. The van der Waals surface area contributed by atoms with Gasteiger partial charge in [0.05, 0.1) is 11.0 Å². The number of aliphatic carboxylic acids is 1. The Morgan fingerprint density at radius 3 is 2.62 bits per heavy atom. The first-order valence-corrected chi connectivity index (χ1v) is 15.9. The molecular weight excluding hydrogens is 609 g/mol. The van der Waals surface area contributed by atoms with Gasteiger partial charge >= 0.3 is 11.9 Å². The average molecular weight is 633 g/mol. The Balaban J connectivity index is 1.59. The number of β-lactam (4-membered cyclic amide) rings is 1. The van der Waals surface area contributed by atoms with Crippen LogP contribution in [0.3, 0.4) is 0 Å². The van der Waals surface area contributed by atoms with E-state index < -0.39 is 73.5 Å². The molecule has 4 atom stereocenters. The lowest BCUT2D eigenvalue weighted by molar-refractivity contribution is -0.160. The van der Waals surface area contributed by atoms with Gasteiger partial charge in [0, 0.05) is 10.6 Å². The molecule has 2 aliphatic heterocycles. The van der Waals surface area contributed by atoms with E-state index in [1.54, 1.807) is 38.3 Å². The summed E-state index contributed by atoms with van der Waals surface area (Å²) in [6, 6.07) is 2.11. The van der Waals surface area contributed by atoms with Crippen molar-refractivity contribution in [3.8, 4) is 0 Å². The fourth-order valence-corrected chi connectivity index (χ4v) is 8.51. The topological polar surface area (TPSA) is 222 Å². The Kier molecular flexibility index (Phi) is 8.60. The second-order valence-corrected chi connectivity index (χ2v) is 14.4. The molecule has 0 aliphatic carbocycles. The van der Waals surface area contributed by atoms with Gasteiger partial charge in [-0.05, 0) is 43.0 Å². The molecule has 4 rings (SSSR count). The lowest BCUT2D eigenvalue weighted by Crippen LogP contribution is -2.71. The minimum Gasteiger partial charge on any atom is -0.477 e. The summed E-state index contributed by atoms with van der Waals surface area (Å²) in [5, 5.41) is 25.3. The van der Waals surface area contributed by atoms with Crippen molar-refractivity contribution in [2.75, 3.05) is 11.5 Å². The number of aromatic nitrogens is 4. The van der Waals surface area contributed by atoms with Gasteiger partial charge in [-0.2, -0.15) is 13.6 Å². The molecular formula is C21H24N6O9S4. The van der Waals surface area contributed by atoms with Crippen LogP contribution in [0.25, 0.3) is 0 Å². The first kappa shape index (κ1) is 30.0. The number of carbonyl (C=O) groups is 4. The maximum absolute atomic E-state index is 13.3. The lowest BCUT2D eigenvalue weighted by Gasteiger charge is -2.50. The Morgan fingerprint density at radius 1 is 1.35 bits per heavy atom. The van der Waals surface area contributed by atoms with Gasteiger partial charge in [0.15, 0.2) is 5.92 Å². The zero-order chi connectivity index (χ0) is 29.4. The van der Waals surface area contributed by atoms with E-state index >= 15 is 0 Å². The number of hydrogen-bond donors (Lipinski definition) is 4. The molecule has 19 heteroatoms. The third-order valence-corrected chi connectivity index (χ3v) is 9.88. The number of thioether (sulfide) groups is 2. The molecule has 4 N–H and O–H groups in total. The standard InChI is InChI=1S/C21H24N6O9S4/c1-21(2,3)36-19(32)12(10-5-4-6-37-10)15(28)22-13-16(29)27-14(18(30)31)9(7-38-17(13)27)11(8-40(33,34)35)39-20-23-25-26-24-20/h4-6,11-13,17H,7-8H2,1-3H3,(H,22,28)(H,30,31)(H,33,34,35)(H,23,24,25,26)/t11?,12?,13?,17-/m0/s1. The molecule has 2 amide bonds. The predicted molar refractivity (Wildman–Crippen MR) is 143 cm³/mol. The number of hydrogen-bond acceptors (Lipinski definition) is 13. The SMILES string of the molecule is CC(C)(C)OC(=O)C(C(=O)NC1C(=O)N2C(C(=O)O)=C(C(CS(=O)(=O)O)Sc3nn[nH]n3)CS[C@@H]12)c1cccs1. The van der Waals surface area contributed by atoms with Crippen LogP contribution in [0.2, 0.25) is 0 Å². The summed E-state index contributed by atoms with van der Waals surface area (Å²) >= 11 is 3.01. The molecule has 40 heavy (non-hydrogen) atoms. The molecule has 0 spiro atoms. The average Bonchev–Trinajstić information content (AvgIpc) is 3.54. The van der Waals surface area contributed by atoms with Gasteiger partial charge in [0.1, 0.15) is 22.7 Å². The first-order valence-electron chi connectivity index (χ1n) is 11.5. The summed E-state index contributed by atoms with van der Waals surface area (Å²) in [5.74, 6) is -6.10. The van der Waals surface area contributed by atoms with Crippen molar-refractivity contribution < 1.29 is 42.0 Å². The van der Waals surface area contributed by atoms with Crippen molar-refractivity contribution in [2.45, 2.75) is 54.1 Å². The number of carboxylic acid groups (broad SMARTS) is 1. The van der Waals surface area contributed by atoms with Crippen molar-refractivity contribution >= 4 is 68.7 Å². The van der Waals surface area contributed by atoms with E-state index in [0.29, 0.717) is 4.88 Å². The highest BCUT2D eigenvalue weighted by Crippen LogP contribution is 2.44. The third-order valence-electron chi connectivity index (χ3n) is 5.55. The Morgan fingerprint density at radius 2 is 2.08 bits per heavy atom. The molecule has 2 aromatic heterocycles. The van der Waals surface area contributed by atoms with Crippen molar-refractivity contribution in [1.29, 1.82) is 0 Å². The van der Waals surface area contributed by atoms with Gasteiger partial charge < -0.3 is 15.2 Å². The lowest BCUT2D eigenvalue weighted by atomic mass is 9.99. The van der Waals surface area contributed by atoms with E-state index in [0.717, 1.165) is 28.4 Å². The zero-order valence-electron chi connectivity index (χ0n) is 21.1. The molecule has 2 aliphatic rings. The molecule has 1 saturated heterocycles. The maximum Gasteiger partial charge on any atom is 0.352 e. The number of nitrogens with one attached hydrogen (secondary N) is 2. The molecule has 15 nitrogen and oxygen atoms in total. The summed E-state index contributed by atoms with van der Waals surface area (Å²) in [5.41, 5.74) is -1.29. The van der Waals surface area contributed by atoms with Gasteiger partial charge in [-0.1, -0.05) is 17.8 Å². The highest BCUT2D eigenvalue weighted by atomic mass is 32.2. The number of carboxylic acids is 1.